The molecule has 0 heterocycles. The standard InChI is InChI=1S/C37H48O14/c1-18-16-17-36(9,10)34(49-24(7)41)31(47-22(5)39)30(46-21(4)38)19(2)28(43)27-29(50-35(45)26-14-12-11-13-15-26)20(3)32(44)37(27,51-25(8)42)33(18)48-23(6)40/h11-16,20,27-29,31-34,43-44H,17H2,1-10H3. The van der Waals surface area contributed by atoms with Crippen LogP contribution in [0, 0.1) is 17.3 Å². The summed E-state index contributed by atoms with van der Waals surface area (Å²) >= 11 is 0. The zero-order valence-electron chi connectivity index (χ0n) is 30.6. The molecule has 0 bridgehead atoms. The quantitative estimate of drug-likeness (QED) is 0.236. The minimum Gasteiger partial charge on any atom is -0.458 e. The average molecular weight is 717 g/mol. The van der Waals surface area contributed by atoms with Crippen LogP contribution < -0.4 is 0 Å². The fourth-order valence-corrected chi connectivity index (χ4v) is 7.03. The van der Waals surface area contributed by atoms with Gasteiger partial charge in [0.2, 0.25) is 0 Å². The van der Waals surface area contributed by atoms with E-state index in [4.69, 9.17) is 28.4 Å². The number of benzene rings is 1. The molecule has 0 spiro atoms. The van der Waals surface area contributed by atoms with Crippen molar-refractivity contribution in [3.63, 3.8) is 0 Å². The molecule has 0 aliphatic heterocycles. The van der Waals surface area contributed by atoms with E-state index in [1.54, 1.807) is 45.0 Å². The molecule has 1 saturated carbocycles. The van der Waals surface area contributed by atoms with Gasteiger partial charge in [-0.05, 0) is 43.5 Å². The molecule has 2 aliphatic rings. The first kappa shape index (κ1) is 40.9. The molecule has 0 saturated heterocycles. The van der Waals surface area contributed by atoms with Crippen LogP contribution in [-0.4, -0.2) is 88.3 Å². The van der Waals surface area contributed by atoms with Crippen molar-refractivity contribution in [2.45, 2.75) is 118 Å². The van der Waals surface area contributed by atoms with E-state index < -0.39 is 101 Å². The molecule has 1 fully saturated rings. The second-order valence-electron chi connectivity index (χ2n) is 13.8. The van der Waals surface area contributed by atoms with Crippen LogP contribution in [0.25, 0.3) is 0 Å². The van der Waals surface area contributed by atoms with Gasteiger partial charge < -0.3 is 38.6 Å². The largest absolute Gasteiger partial charge is 0.458 e. The first-order valence-electron chi connectivity index (χ1n) is 16.5. The summed E-state index contributed by atoms with van der Waals surface area (Å²) in [4.78, 5) is 77.1. The number of ether oxygens (including phenoxy) is 6. The smallest absolute Gasteiger partial charge is 0.338 e. The minimum atomic E-state index is -2.32. The number of aliphatic hydroxyl groups is 2. The fraction of sp³-hybridized carbons (Fsp3) is 0.568. The summed E-state index contributed by atoms with van der Waals surface area (Å²) in [6.07, 6.45) is -8.02. The third kappa shape index (κ3) is 8.85. The predicted octanol–water partition coefficient (Wildman–Crippen LogP) is 3.51. The van der Waals surface area contributed by atoms with Gasteiger partial charge in [-0.15, -0.1) is 0 Å². The number of esters is 6. The molecule has 0 amide bonds. The monoisotopic (exact) mass is 716 g/mol. The molecular formula is C37H48O14. The Balaban J connectivity index is 2.54. The Hall–Kier alpha value is -4.56. The maximum atomic E-state index is 13.6. The van der Waals surface area contributed by atoms with Crippen molar-refractivity contribution in [2.24, 2.45) is 17.3 Å². The molecule has 9 unspecified atom stereocenters. The Morgan fingerprint density at radius 3 is 1.84 bits per heavy atom. The van der Waals surface area contributed by atoms with Crippen LogP contribution in [0.4, 0.5) is 0 Å². The Bertz CT molecular complexity index is 1580. The van der Waals surface area contributed by atoms with Crippen molar-refractivity contribution >= 4 is 35.8 Å². The van der Waals surface area contributed by atoms with Gasteiger partial charge in [0.15, 0.2) is 29.7 Å². The second-order valence-corrected chi connectivity index (χ2v) is 13.8. The highest BCUT2D eigenvalue weighted by Gasteiger charge is 2.70. The molecular weight excluding hydrogens is 668 g/mol. The van der Waals surface area contributed by atoms with E-state index in [1.165, 1.54) is 26.0 Å². The highest BCUT2D eigenvalue weighted by molar-refractivity contribution is 5.89. The van der Waals surface area contributed by atoms with Crippen LogP contribution in [0.3, 0.4) is 0 Å². The SMILES string of the molecule is CC(=O)OC1=C(C)C(O)C2C(OC(=O)c3ccccc3)C(C)C(O)C2(OC(C)=O)C(OC(C)=O)C(C)=CCC(C)(C)C(OC(C)=O)C1OC(C)=O. The van der Waals surface area contributed by atoms with Crippen LogP contribution in [0.1, 0.15) is 86.0 Å². The van der Waals surface area contributed by atoms with Crippen molar-refractivity contribution in [2.75, 3.05) is 0 Å². The van der Waals surface area contributed by atoms with Crippen molar-refractivity contribution in [3.8, 4) is 0 Å². The van der Waals surface area contributed by atoms with Gasteiger partial charge in [-0.1, -0.05) is 45.0 Å². The van der Waals surface area contributed by atoms with E-state index in [0.29, 0.717) is 0 Å². The van der Waals surface area contributed by atoms with E-state index in [9.17, 15) is 39.0 Å². The van der Waals surface area contributed by atoms with Gasteiger partial charge in [-0.25, -0.2) is 4.79 Å². The molecule has 2 aliphatic carbocycles. The maximum absolute atomic E-state index is 13.6. The number of fused-ring (bicyclic) bond motifs is 1. The molecule has 2 N–H and O–H groups in total. The number of allylic oxidation sites excluding steroid dienone is 1. The zero-order chi connectivity index (χ0) is 38.6. The predicted molar refractivity (Wildman–Crippen MR) is 178 cm³/mol. The van der Waals surface area contributed by atoms with Crippen molar-refractivity contribution in [3.05, 3.63) is 58.9 Å². The lowest BCUT2D eigenvalue weighted by molar-refractivity contribution is -0.214. The maximum Gasteiger partial charge on any atom is 0.338 e. The first-order valence-corrected chi connectivity index (χ1v) is 16.5. The number of aliphatic hydroxyl groups excluding tert-OH is 2. The molecule has 0 aromatic heterocycles. The summed E-state index contributed by atoms with van der Waals surface area (Å²) in [5, 5.41) is 24.7. The number of hydrogen-bond acceptors (Lipinski definition) is 14. The lowest BCUT2D eigenvalue weighted by atomic mass is 9.72. The van der Waals surface area contributed by atoms with Gasteiger partial charge in [-0.2, -0.15) is 0 Å². The zero-order valence-corrected chi connectivity index (χ0v) is 30.6. The third-order valence-electron chi connectivity index (χ3n) is 9.30. The lowest BCUT2D eigenvalue weighted by Gasteiger charge is -2.46. The second kappa shape index (κ2) is 16.2. The summed E-state index contributed by atoms with van der Waals surface area (Å²) in [5.74, 6) is -8.23. The Morgan fingerprint density at radius 1 is 0.765 bits per heavy atom. The number of rotatable bonds is 7. The van der Waals surface area contributed by atoms with Crippen LogP contribution >= 0.6 is 0 Å². The van der Waals surface area contributed by atoms with Crippen LogP contribution in [0.2, 0.25) is 0 Å². The molecule has 280 valence electrons. The van der Waals surface area contributed by atoms with Crippen LogP contribution in [-0.2, 0) is 52.4 Å². The Labute approximate surface area is 297 Å². The molecule has 0 radical (unpaired) electrons. The fourth-order valence-electron chi connectivity index (χ4n) is 7.03. The van der Waals surface area contributed by atoms with Gasteiger partial charge in [-0.3, -0.25) is 24.0 Å². The molecule has 1 aromatic carbocycles. The topological polar surface area (TPSA) is 198 Å². The van der Waals surface area contributed by atoms with Crippen molar-refractivity contribution in [1.82, 2.24) is 0 Å². The molecule has 14 heteroatoms. The Morgan fingerprint density at radius 2 is 1.33 bits per heavy atom. The molecule has 9 atom stereocenters. The highest BCUT2D eigenvalue weighted by atomic mass is 16.6. The summed E-state index contributed by atoms with van der Waals surface area (Å²) < 4.78 is 34.9. The first-order chi connectivity index (χ1) is 23.6. The highest BCUT2D eigenvalue weighted by Crippen LogP contribution is 2.53. The van der Waals surface area contributed by atoms with Gasteiger partial charge in [0.25, 0.3) is 0 Å². The minimum absolute atomic E-state index is 0.0279. The van der Waals surface area contributed by atoms with Gasteiger partial charge in [0.1, 0.15) is 12.2 Å². The van der Waals surface area contributed by atoms with Crippen LogP contribution in [0.15, 0.2) is 53.3 Å². The third-order valence-corrected chi connectivity index (χ3v) is 9.30. The van der Waals surface area contributed by atoms with Crippen LogP contribution in [0.5, 0.6) is 0 Å². The molecule has 51 heavy (non-hydrogen) atoms. The summed E-state index contributed by atoms with van der Waals surface area (Å²) in [7, 11) is 0. The van der Waals surface area contributed by atoms with E-state index in [2.05, 4.69) is 0 Å². The van der Waals surface area contributed by atoms with Gasteiger partial charge in [0, 0.05) is 46.0 Å². The molecule has 3 rings (SSSR count). The van der Waals surface area contributed by atoms with Crippen molar-refractivity contribution in [1.29, 1.82) is 0 Å². The van der Waals surface area contributed by atoms with Crippen molar-refractivity contribution < 1.29 is 67.4 Å². The number of carbonyl (C=O) groups excluding carboxylic acids is 6. The van der Waals surface area contributed by atoms with Gasteiger partial charge in [0.05, 0.1) is 17.6 Å². The summed E-state index contributed by atoms with van der Waals surface area (Å²) in [6, 6.07) is 7.89. The van der Waals surface area contributed by atoms with E-state index in [-0.39, 0.29) is 23.1 Å². The summed E-state index contributed by atoms with van der Waals surface area (Å²) in [6.45, 7) is 13.2. The van der Waals surface area contributed by atoms with E-state index in [1.807, 2.05) is 0 Å². The molecule has 1 aromatic rings. The normalized spacial score (nSPS) is 30.6. The van der Waals surface area contributed by atoms with E-state index >= 15 is 0 Å². The Kier molecular flexibility index (Phi) is 13.0. The van der Waals surface area contributed by atoms with Gasteiger partial charge >= 0.3 is 35.8 Å². The van der Waals surface area contributed by atoms with E-state index in [0.717, 1.165) is 34.6 Å². The lowest BCUT2D eigenvalue weighted by Crippen LogP contribution is -2.62. The molecule has 14 nitrogen and oxygen atoms in total. The summed E-state index contributed by atoms with van der Waals surface area (Å²) in [5.41, 5.74) is -3.26. The average Bonchev–Trinajstić information content (AvgIpc) is 3.23. The number of carbonyl (C=O) groups is 6. The number of hydrogen-bond donors (Lipinski definition) is 2.